The molecule has 0 aliphatic carbocycles. The predicted octanol–water partition coefficient (Wildman–Crippen LogP) is 1.84. The van der Waals surface area contributed by atoms with Crippen molar-refractivity contribution in [2.24, 2.45) is 0 Å². The van der Waals surface area contributed by atoms with Crippen molar-refractivity contribution in [2.45, 2.75) is 6.92 Å². The van der Waals surface area contributed by atoms with Crippen LogP contribution in [-0.4, -0.2) is 10.2 Å². The molecule has 0 saturated heterocycles. The van der Waals surface area contributed by atoms with Gasteiger partial charge in [0.15, 0.2) is 5.69 Å². The fourth-order valence-electron chi connectivity index (χ4n) is 1.51. The van der Waals surface area contributed by atoms with E-state index in [1.165, 1.54) is 0 Å². The molecule has 0 spiro atoms. The van der Waals surface area contributed by atoms with Crippen LogP contribution in [0.1, 0.15) is 11.4 Å². The minimum Gasteiger partial charge on any atom is -0.399 e. The molecule has 0 radical (unpaired) electrons. The number of H-pyrrole nitrogens is 1. The molecule has 0 unspecified atom stereocenters. The molecular formula is C11H10N4. The number of nitrogens with two attached hydrogens (primary N) is 1. The smallest absolute Gasteiger partial charge is 0.170 e. The maximum atomic E-state index is 8.89. The number of anilines is 1. The summed E-state index contributed by atoms with van der Waals surface area (Å²) in [6.07, 6.45) is 0. The van der Waals surface area contributed by atoms with Crippen molar-refractivity contribution in [3.8, 4) is 17.2 Å². The molecule has 0 aliphatic heterocycles. The van der Waals surface area contributed by atoms with Gasteiger partial charge in [-0.15, -0.1) is 0 Å². The van der Waals surface area contributed by atoms with Crippen molar-refractivity contribution in [2.75, 3.05) is 5.73 Å². The first kappa shape index (κ1) is 9.28. The molecule has 1 aromatic heterocycles. The van der Waals surface area contributed by atoms with Crippen molar-refractivity contribution in [3.05, 3.63) is 35.7 Å². The average molecular weight is 198 g/mol. The zero-order valence-corrected chi connectivity index (χ0v) is 8.28. The molecule has 0 amide bonds. The first-order valence-electron chi connectivity index (χ1n) is 4.53. The van der Waals surface area contributed by atoms with E-state index in [2.05, 4.69) is 16.3 Å². The third-order valence-electron chi connectivity index (χ3n) is 2.25. The van der Waals surface area contributed by atoms with Crippen LogP contribution in [0.3, 0.4) is 0 Å². The van der Waals surface area contributed by atoms with Gasteiger partial charge >= 0.3 is 0 Å². The van der Waals surface area contributed by atoms with Crippen molar-refractivity contribution in [1.29, 1.82) is 5.26 Å². The van der Waals surface area contributed by atoms with E-state index in [-0.39, 0.29) is 0 Å². The van der Waals surface area contributed by atoms with E-state index in [1.54, 1.807) is 0 Å². The molecule has 1 heterocycles. The van der Waals surface area contributed by atoms with Crippen LogP contribution >= 0.6 is 0 Å². The van der Waals surface area contributed by atoms with Crippen LogP contribution in [-0.2, 0) is 0 Å². The van der Waals surface area contributed by atoms with Crippen LogP contribution in [0.25, 0.3) is 11.1 Å². The number of nitrogens with one attached hydrogen (secondary N) is 1. The van der Waals surface area contributed by atoms with Gasteiger partial charge in [0, 0.05) is 16.9 Å². The number of nitrogens with zero attached hydrogens (tertiary/aromatic N) is 2. The molecule has 15 heavy (non-hydrogen) atoms. The van der Waals surface area contributed by atoms with E-state index in [9.17, 15) is 0 Å². The summed E-state index contributed by atoms with van der Waals surface area (Å²) >= 11 is 0. The monoisotopic (exact) mass is 198 g/mol. The number of nitrogen functional groups attached to an aromatic ring is 1. The highest BCUT2D eigenvalue weighted by Gasteiger charge is 2.11. The molecule has 4 heteroatoms. The molecule has 2 rings (SSSR count). The summed E-state index contributed by atoms with van der Waals surface area (Å²) in [5.41, 5.74) is 9.40. The summed E-state index contributed by atoms with van der Waals surface area (Å²) in [7, 11) is 0. The normalized spacial score (nSPS) is 9.87. The molecule has 0 atom stereocenters. The van der Waals surface area contributed by atoms with E-state index in [0.29, 0.717) is 11.4 Å². The number of benzene rings is 1. The summed E-state index contributed by atoms with van der Waals surface area (Å²) in [5.74, 6) is 0. The second-order valence-electron chi connectivity index (χ2n) is 3.31. The van der Waals surface area contributed by atoms with Gasteiger partial charge in [-0.2, -0.15) is 10.4 Å². The number of nitriles is 1. The average Bonchev–Trinajstić information content (AvgIpc) is 2.61. The molecule has 3 N–H and O–H groups in total. The van der Waals surface area contributed by atoms with Crippen LogP contribution in [0.5, 0.6) is 0 Å². The van der Waals surface area contributed by atoms with E-state index in [1.807, 2.05) is 31.2 Å². The van der Waals surface area contributed by atoms with E-state index in [0.717, 1.165) is 16.8 Å². The second-order valence-corrected chi connectivity index (χ2v) is 3.31. The Morgan fingerprint density at radius 3 is 2.60 bits per heavy atom. The lowest BCUT2D eigenvalue weighted by Gasteiger charge is -2.00. The summed E-state index contributed by atoms with van der Waals surface area (Å²) in [5, 5.41) is 15.6. The van der Waals surface area contributed by atoms with Gasteiger partial charge in [0.1, 0.15) is 6.07 Å². The van der Waals surface area contributed by atoms with Gasteiger partial charge in [-0.05, 0) is 24.6 Å². The van der Waals surface area contributed by atoms with Gasteiger partial charge in [-0.3, -0.25) is 5.10 Å². The number of aromatic amines is 1. The maximum Gasteiger partial charge on any atom is 0.170 e. The summed E-state index contributed by atoms with van der Waals surface area (Å²) in [6.45, 7) is 1.89. The zero-order valence-electron chi connectivity index (χ0n) is 8.28. The highest BCUT2D eigenvalue weighted by atomic mass is 15.1. The quantitative estimate of drug-likeness (QED) is 0.686. The number of hydrogen-bond donors (Lipinski definition) is 2. The number of rotatable bonds is 1. The van der Waals surface area contributed by atoms with Crippen molar-refractivity contribution < 1.29 is 0 Å². The van der Waals surface area contributed by atoms with E-state index in [4.69, 9.17) is 11.0 Å². The molecule has 0 fully saturated rings. The largest absolute Gasteiger partial charge is 0.399 e. The van der Waals surface area contributed by atoms with Crippen molar-refractivity contribution in [1.82, 2.24) is 10.2 Å². The van der Waals surface area contributed by atoms with Crippen LogP contribution in [0.2, 0.25) is 0 Å². The van der Waals surface area contributed by atoms with Gasteiger partial charge in [0.25, 0.3) is 0 Å². The van der Waals surface area contributed by atoms with Gasteiger partial charge < -0.3 is 5.73 Å². The minimum absolute atomic E-state index is 0.414. The van der Waals surface area contributed by atoms with Crippen LogP contribution < -0.4 is 5.73 Å². The van der Waals surface area contributed by atoms with Gasteiger partial charge in [0.2, 0.25) is 0 Å². The topological polar surface area (TPSA) is 78.5 Å². The van der Waals surface area contributed by atoms with Crippen molar-refractivity contribution in [3.63, 3.8) is 0 Å². The highest BCUT2D eigenvalue weighted by Crippen LogP contribution is 2.25. The lowest BCUT2D eigenvalue weighted by Crippen LogP contribution is -1.86. The Kier molecular flexibility index (Phi) is 2.14. The lowest BCUT2D eigenvalue weighted by molar-refractivity contribution is 1.03. The molecule has 0 saturated carbocycles. The second kappa shape index (κ2) is 3.46. The third kappa shape index (κ3) is 1.55. The minimum atomic E-state index is 0.414. The Hall–Kier alpha value is -2.28. The Labute approximate surface area is 87.3 Å². The number of aryl methyl sites for hydroxylation is 1. The summed E-state index contributed by atoms with van der Waals surface area (Å²) in [4.78, 5) is 0. The zero-order chi connectivity index (χ0) is 10.8. The fraction of sp³-hybridized carbons (Fsp3) is 0.0909. The van der Waals surface area contributed by atoms with Gasteiger partial charge in [0.05, 0.1) is 0 Å². The first-order chi connectivity index (χ1) is 7.22. The van der Waals surface area contributed by atoms with Gasteiger partial charge in [-0.1, -0.05) is 12.1 Å². The number of hydrogen-bond acceptors (Lipinski definition) is 3. The molecule has 0 bridgehead atoms. The van der Waals surface area contributed by atoms with E-state index < -0.39 is 0 Å². The van der Waals surface area contributed by atoms with E-state index >= 15 is 0 Å². The third-order valence-corrected chi connectivity index (χ3v) is 2.25. The molecule has 0 aliphatic rings. The molecular weight excluding hydrogens is 188 g/mol. The Balaban J connectivity index is 2.59. The van der Waals surface area contributed by atoms with Crippen LogP contribution in [0.4, 0.5) is 5.69 Å². The molecule has 1 aromatic carbocycles. The number of aromatic nitrogens is 2. The Morgan fingerprint density at radius 2 is 2.00 bits per heavy atom. The summed E-state index contributed by atoms with van der Waals surface area (Å²) in [6, 6.07) is 9.44. The molecule has 74 valence electrons. The van der Waals surface area contributed by atoms with Crippen LogP contribution in [0, 0.1) is 18.3 Å². The highest BCUT2D eigenvalue weighted by molar-refractivity contribution is 5.72. The summed E-state index contributed by atoms with van der Waals surface area (Å²) < 4.78 is 0. The first-order valence-corrected chi connectivity index (χ1v) is 4.53. The van der Waals surface area contributed by atoms with Crippen molar-refractivity contribution >= 4 is 5.69 Å². The predicted molar refractivity (Wildman–Crippen MR) is 57.9 cm³/mol. The van der Waals surface area contributed by atoms with Crippen LogP contribution in [0.15, 0.2) is 24.3 Å². The van der Waals surface area contributed by atoms with Gasteiger partial charge in [-0.25, -0.2) is 0 Å². The Bertz CT molecular complexity index is 517. The lowest BCUT2D eigenvalue weighted by atomic mass is 10.0. The molecule has 2 aromatic rings. The Morgan fingerprint density at radius 1 is 1.33 bits per heavy atom. The SMILES string of the molecule is Cc1[nH]nc(C#N)c1-c1ccc(N)cc1. The standard InChI is InChI=1S/C11H10N4/c1-7-11(10(6-12)15-14-7)8-2-4-9(13)5-3-8/h2-5H,13H2,1H3,(H,14,15). The molecule has 4 nitrogen and oxygen atoms in total. The maximum absolute atomic E-state index is 8.89. The fourth-order valence-corrected chi connectivity index (χ4v) is 1.51.